The summed E-state index contributed by atoms with van der Waals surface area (Å²) >= 11 is 0. The van der Waals surface area contributed by atoms with E-state index in [-0.39, 0.29) is 4.90 Å². The molecule has 3 aromatic rings. The average Bonchev–Trinajstić information content (AvgIpc) is 3.07. The quantitative estimate of drug-likeness (QED) is 0.678. The fourth-order valence-electron chi connectivity index (χ4n) is 2.74. The second-order valence-corrected chi connectivity index (χ2v) is 7.99. The van der Waals surface area contributed by atoms with E-state index >= 15 is 0 Å². The van der Waals surface area contributed by atoms with Gasteiger partial charge < -0.3 is 0 Å². The van der Waals surface area contributed by atoms with Gasteiger partial charge in [0.05, 0.1) is 10.6 Å². The molecule has 1 aromatic heterocycles. The number of benzene rings is 2. The van der Waals surface area contributed by atoms with Crippen molar-refractivity contribution in [3.8, 4) is 11.3 Å². The zero-order valence-electron chi connectivity index (χ0n) is 15.0. The summed E-state index contributed by atoms with van der Waals surface area (Å²) in [7, 11) is -1.77. The smallest absolute Gasteiger partial charge is 0.261 e. The van der Waals surface area contributed by atoms with Crippen molar-refractivity contribution in [2.45, 2.75) is 31.1 Å². The van der Waals surface area contributed by atoms with Gasteiger partial charge in [-0.2, -0.15) is 5.10 Å². The van der Waals surface area contributed by atoms with Crippen LogP contribution < -0.4 is 4.72 Å². The molecule has 136 valence electrons. The van der Waals surface area contributed by atoms with Crippen LogP contribution in [0.1, 0.15) is 25.3 Å². The first-order valence-electron chi connectivity index (χ1n) is 8.70. The van der Waals surface area contributed by atoms with Gasteiger partial charge in [-0.1, -0.05) is 37.6 Å². The lowest BCUT2D eigenvalue weighted by Crippen LogP contribution is -2.13. The summed E-state index contributed by atoms with van der Waals surface area (Å²) in [6, 6.07) is 16.2. The van der Waals surface area contributed by atoms with Crippen molar-refractivity contribution in [3.63, 3.8) is 0 Å². The molecule has 0 amide bonds. The Morgan fingerprint density at radius 3 is 2.50 bits per heavy atom. The van der Waals surface area contributed by atoms with Gasteiger partial charge in [-0.05, 0) is 48.7 Å². The first-order valence-corrected chi connectivity index (χ1v) is 10.2. The normalized spacial score (nSPS) is 11.5. The van der Waals surface area contributed by atoms with Crippen LogP contribution in [-0.2, 0) is 23.5 Å². The minimum atomic E-state index is -3.62. The molecule has 0 saturated heterocycles. The van der Waals surface area contributed by atoms with E-state index in [1.54, 1.807) is 28.9 Å². The molecule has 0 unspecified atom stereocenters. The molecule has 0 aliphatic rings. The number of nitrogens with one attached hydrogen (secondary N) is 1. The van der Waals surface area contributed by atoms with Crippen molar-refractivity contribution < 1.29 is 8.42 Å². The van der Waals surface area contributed by atoms with E-state index in [1.165, 1.54) is 0 Å². The van der Waals surface area contributed by atoms with E-state index in [2.05, 4.69) is 16.7 Å². The molecule has 1 N–H and O–H groups in total. The van der Waals surface area contributed by atoms with Crippen LogP contribution >= 0.6 is 0 Å². The maximum Gasteiger partial charge on any atom is 0.261 e. The Hall–Kier alpha value is -2.60. The first-order chi connectivity index (χ1) is 12.5. The van der Waals surface area contributed by atoms with Crippen LogP contribution in [0.25, 0.3) is 11.3 Å². The fourth-order valence-corrected chi connectivity index (χ4v) is 3.79. The molecule has 0 atom stereocenters. The molecule has 2 aromatic carbocycles. The third-order valence-corrected chi connectivity index (χ3v) is 5.57. The molecule has 0 saturated carbocycles. The molecule has 26 heavy (non-hydrogen) atoms. The van der Waals surface area contributed by atoms with E-state index in [0.29, 0.717) is 5.69 Å². The average molecular weight is 369 g/mol. The van der Waals surface area contributed by atoms with Gasteiger partial charge in [0.15, 0.2) is 0 Å². The lowest BCUT2D eigenvalue weighted by Gasteiger charge is -2.10. The van der Waals surface area contributed by atoms with Gasteiger partial charge >= 0.3 is 0 Å². The third kappa shape index (κ3) is 4.32. The van der Waals surface area contributed by atoms with E-state index in [4.69, 9.17) is 0 Å². The van der Waals surface area contributed by atoms with Gasteiger partial charge in [0.25, 0.3) is 10.0 Å². The van der Waals surface area contributed by atoms with Gasteiger partial charge in [0, 0.05) is 24.5 Å². The molecule has 6 heteroatoms. The Labute approximate surface area is 154 Å². The van der Waals surface area contributed by atoms with Crippen molar-refractivity contribution in [2.24, 2.45) is 7.05 Å². The van der Waals surface area contributed by atoms with Gasteiger partial charge in [0.2, 0.25) is 0 Å². The van der Waals surface area contributed by atoms with Crippen molar-refractivity contribution in [3.05, 3.63) is 66.4 Å². The number of rotatable bonds is 7. The summed E-state index contributed by atoms with van der Waals surface area (Å²) in [5.74, 6) is 0. The van der Waals surface area contributed by atoms with Crippen LogP contribution in [0.4, 0.5) is 5.69 Å². The predicted octanol–water partition coefficient (Wildman–Crippen LogP) is 4.23. The summed E-state index contributed by atoms with van der Waals surface area (Å²) in [5, 5.41) is 4.35. The maximum atomic E-state index is 12.6. The van der Waals surface area contributed by atoms with Crippen LogP contribution in [0.2, 0.25) is 0 Å². The van der Waals surface area contributed by atoms with Crippen LogP contribution in [0.15, 0.2) is 65.7 Å². The molecule has 0 aliphatic carbocycles. The molecule has 0 bridgehead atoms. The first kappa shape index (κ1) is 18.2. The fraction of sp³-hybridized carbons (Fsp3) is 0.250. The Bertz CT molecular complexity index is 976. The Morgan fingerprint density at radius 1 is 1.08 bits per heavy atom. The summed E-state index contributed by atoms with van der Waals surface area (Å²) in [4.78, 5) is 0.265. The predicted molar refractivity (Wildman–Crippen MR) is 105 cm³/mol. The highest BCUT2D eigenvalue weighted by molar-refractivity contribution is 7.92. The Balaban J connectivity index is 1.79. The molecule has 0 aliphatic heterocycles. The highest BCUT2D eigenvalue weighted by Crippen LogP contribution is 2.23. The Morgan fingerprint density at radius 2 is 1.85 bits per heavy atom. The number of nitrogens with zero attached hydrogens (tertiary/aromatic N) is 2. The second kappa shape index (κ2) is 7.74. The van der Waals surface area contributed by atoms with E-state index in [9.17, 15) is 8.42 Å². The molecule has 0 spiro atoms. The molecular weight excluding hydrogens is 346 g/mol. The number of aryl methyl sites for hydroxylation is 2. The zero-order valence-corrected chi connectivity index (χ0v) is 15.8. The largest absolute Gasteiger partial charge is 0.280 e. The second-order valence-electron chi connectivity index (χ2n) is 6.31. The molecule has 5 nitrogen and oxygen atoms in total. The van der Waals surface area contributed by atoms with Crippen LogP contribution in [0, 0.1) is 0 Å². The number of hydrogen-bond donors (Lipinski definition) is 1. The maximum absolute atomic E-state index is 12.6. The summed E-state index contributed by atoms with van der Waals surface area (Å²) < 4.78 is 29.7. The zero-order chi connectivity index (χ0) is 18.6. The van der Waals surface area contributed by atoms with E-state index in [1.807, 2.05) is 43.6 Å². The molecule has 0 fully saturated rings. The topological polar surface area (TPSA) is 64.0 Å². The van der Waals surface area contributed by atoms with Gasteiger partial charge in [-0.25, -0.2) is 8.42 Å². The van der Waals surface area contributed by atoms with Gasteiger partial charge in [0.1, 0.15) is 0 Å². The SMILES string of the molecule is CCCCc1ccc(S(=O)(=O)Nc2cccc(-c3ccn(C)n3)c2)cc1. The lowest BCUT2D eigenvalue weighted by molar-refractivity contribution is 0.601. The number of hydrogen-bond acceptors (Lipinski definition) is 3. The van der Waals surface area contributed by atoms with E-state index in [0.717, 1.165) is 36.1 Å². The summed E-state index contributed by atoms with van der Waals surface area (Å²) in [5.41, 5.74) is 3.33. The van der Waals surface area contributed by atoms with Crippen LogP contribution in [0.5, 0.6) is 0 Å². The van der Waals surface area contributed by atoms with Gasteiger partial charge in [-0.3, -0.25) is 9.40 Å². The standard InChI is InChI=1S/C20H23N3O2S/c1-3-4-6-16-9-11-19(12-10-16)26(24,25)22-18-8-5-7-17(15-18)20-13-14-23(2)21-20/h5,7-15,22H,3-4,6H2,1-2H3. The Kier molecular flexibility index (Phi) is 5.42. The molecule has 0 radical (unpaired) electrons. The van der Waals surface area contributed by atoms with Crippen molar-refractivity contribution in [2.75, 3.05) is 4.72 Å². The number of sulfonamides is 1. The minimum Gasteiger partial charge on any atom is -0.280 e. The molecule has 1 heterocycles. The van der Waals surface area contributed by atoms with Crippen LogP contribution in [0.3, 0.4) is 0 Å². The lowest BCUT2D eigenvalue weighted by atomic mass is 10.1. The number of anilines is 1. The highest BCUT2D eigenvalue weighted by Gasteiger charge is 2.14. The third-order valence-electron chi connectivity index (χ3n) is 4.18. The van der Waals surface area contributed by atoms with Crippen molar-refractivity contribution in [1.29, 1.82) is 0 Å². The summed E-state index contributed by atoms with van der Waals surface area (Å²) in [6.07, 6.45) is 5.04. The molecular formula is C20H23N3O2S. The van der Waals surface area contributed by atoms with Crippen LogP contribution in [-0.4, -0.2) is 18.2 Å². The minimum absolute atomic E-state index is 0.265. The highest BCUT2D eigenvalue weighted by atomic mass is 32.2. The molecule has 3 rings (SSSR count). The van der Waals surface area contributed by atoms with E-state index < -0.39 is 10.0 Å². The van der Waals surface area contributed by atoms with Gasteiger partial charge in [-0.15, -0.1) is 0 Å². The summed E-state index contributed by atoms with van der Waals surface area (Å²) in [6.45, 7) is 2.14. The van der Waals surface area contributed by atoms with Crippen molar-refractivity contribution in [1.82, 2.24) is 9.78 Å². The number of unbranched alkanes of at least 4 members (excludes halogenated alkanes) is 1. The number of aromatic nitrogens is 2. The van der Waals surface area contributed by atoms with Crippen molar-refractivity contribution >= 4 is 15.7 Å². The monoisotopic (exact) mass is 369 g/mol.